The zero-order chi connectivity index (χ0) is 12.5. The van der Waals surface area contributed by atoms with Gasteiger partial charge in [0.25, 0.3) is 0 Å². The highest BCUT2D eigenvalue weighted by molar-refractivity contribution is 5.97. The van der Waals surface area contributed by atoms with Crippen LogP contribution in [0.2, 0.25) is 0 Å². The van der Waals surface area contributed by atoms with Gasteiger partial charge in [0.05, 0.1) is 17.7 Å². The summed E-state index contributed by atoms with van der Waals surface area (Å²) in [7, 11) is 0. The average Bonchev–Trinajstić information content (AvgIpc) is 2.27. The molecule has 0 aromatic heterocycles. The van der Waals surface area contributed by atoms with Gasteiger partial charge in [-0.3, -0.25) is 4.79 Å². The third-order valence-corrected chi connectivity index (χ3v) is 1.93. The predicted molar refractivity (Wildman–Crippen MR) is 43.6 cm³/mol. The quantitative estimate of drug-likeness (QED) is 0.467. The third kappa shape index (κ3) is 1.79. The summed E-state index contributed by atoms with van der Waals surface area (Å²) in [5.41, 5.74) is -2.70. The fourth-order valence-corrected chi connectivity index (χ4v) is 1.14. The van der Waals surface area contributed by atoms with Crippen molar-refractivity contribution in [3.63, 3.8) is 0 Å². The zero-order valence-corrected chi connectivity index (χ0v) is 7.73. The summed E-state index contributed by atoms with van der Waals surface area (Å²) < 4.78 is 52.3. The van der Waals surface area contributed by atoms with E-state index in [0.717, 1.165) is 0 Å². The van der Waals surface area contributed by atoms with E-state index in [1.165, 1.54) is 0 Å². The van der Waals surface area contributed by atoms with Crippen molar-refractivity contribution in [2.24, 2.45) is 0 Å². The van der Waals surface area contributed by atoms with Crippen LogP contribution in [0.3, 0.4) is 0 Å². The van der Waals surface area contributed by atoms with Crippen LogP contribution in [0.15, 0.2) is 0 Å². The molecule has 7 heteroatoms. The lowest BCUT2D eigenvalue weighted by molar-refractivity contribution is 0.0892. The highest BCUT2D eigenvalue weighted by Gasteiger charge is 2.28. The summed E-state index contributed by atoms with van der Waals surface area (Å²) in [4.78, 5) is 10.8. The van der Waals surface area contributed by atoms with Gasteiger partial charge in [-0.05, 0) is 0 Å². The molecule has 0 aliphatic rings. The standard InChI is InChI=1S/C9H6F4O3/c10-6-3(1-14)7(11)9(13)5(8(6)12)4(16)2-15/h14-15H,1-2H2. The smallest absolute Gasteiger partial charge is 0.194 e. The zero-order valence-electron chi connectivity index (χ0n) is 7.73. The minimum Gasteiger partial charge on any atom is -0.391 e. The molecule has 0 unspecified atom stereocenters. The summed E-state index contributed by atoms with van der Waals surface area (Å²) in [6.07, 6.45) is 0. The third-order valence-electron chi connectivity index (χ3n) is 1.93. The van der Waals surface area contributed by atoms with Crippen molar-refractivity contribution in [1.29, 1.82) is 0 Å². The van der Waals surface area contributed by atoms with Gasteiger partial charge in [-0.2, -0.15) is 0 Å². The van der Waals surface area contributed by atoms with Crippen molar-refractivity contribution >= 4 is 5.78 Å². The van der Waals surface area contributed by atoms with Crippen molar-refractivity contribution in [3.8, 4) is 0 Å². The van der Waals surface area contributed by atoms with Gasteiger partial charge in [-0.1, -0.05) is 0 Å². The van der Waals surface area contributed by atoms with Crippen molar-refractivity contribution < 1.29 is 32.6 Å². The Balaban J connectivity index is 3.60. The van der Waals surface area contributed by atoms with Crippen LogP contribution in [0.25, 0.3) is 0 Å². The molecule has 0 saturated carbocycles. The molecule has 0 bridgehead atoms. The van der Waals surface area contributed by atoms with Gasteiger partial charge in [0.2, 0.25) is 0 Å². The highest BCUT2D eigenvalue weighted by Crippen LogP contribution is 2.24. The van der Waals surface area contributed by atoms with Crippen LogP contribution in [-0.4, -0.2) is 22.6 Å². The number of halogens is 4. The van der Waals surface area contributed by atoms with Gasteiger partial charge >= 0.3 is 0 Å². The maximum atomic E-state index is 13.1. The molecule has 1 rings (SSSR count). The fraction of sp³-hybridized carbons (Fsp3) is 0.222. The monoisotopic (exact) mass is 238 g/mol. The molecule has 0 fully saturated rings. The van der Waals surface area contributed by atoms with Crippen molar-refractivity contribution in [1.82, 2.24) is 0 Å². The molecule has 1 aromatic carbocycles. The Kier molecular flexibility index (Phi) is 3.61. The second kappa shape index (κ2) is 4.58. The van der Waals surface area contributed by atoms with E-state index in [4.69, 9.17) is 10.2 Å². The second-order valence-corrected chi connectivity index (χ2v) is 2.85. The Labute approximate surface area is 86.9 Å². The van der Waals surface area contributed by atoms with Crippen LogP contribution in [0.4, 0.5) is 17.6 Å². The molecule has 1 aromatic rings. The van der Waals surface area contributed by atoms with Gasteiger partial charge in [0.15, 0.2) is 29.1 Å². The number of rotatable bonds is 3. The normalized spacial score (nSPS) is 10.6. The number of ketones is 1. The van der Waals surface area contributed by atoms with Gasteiger partial charge in [-0.25, -0.2) is 17.6 Å². The molecule has 0 aliphatic heterocycles. The van der Waals surface area contributed by atoms with Crippen LogP contribution in [0.1, 0.15) is 15.9 Å². The van der Waals surface area contributed by atoms with Crippen LogP contribution in [-0.2, 0) is 6.61 Å². The van der Waals surface area contributed by atoms with Crippen molar-refractivity contribution in [2.75, 3.05) is 6.61 Å². The number of aliphatic hydroxyl groups excluding tert-OH is 2. The van der Waals surface area contributed by atoms with Gasteiger partial charge < -0.3 is 10.2 Å². The summed E-state index contributed by atoms with van der Waals surface area (Å²) in [6.45, 7) is -2.54. The molecule has 0 aliphatic carbocycles. The van der Waals surface area contributed by atoms with E-state index in [-0.39, 0.29) is 0 Å². The predicted octanol–water partition coefficient (Wildman–Crippen LogP) is 0.910. The molecule has 0 atom stereocenters. The lowest BCUT2D eigenvalue weighted by Gasteiger charge is -2.08. The first-order valence-corrected chi connectivity index (χ1v) is 4.05. The summed E-state index contributed by atoms with van der Waals surface area (Å²) >= 11 is 0. The molecule has 0 saturated heterocycles. The van der Waals surface area contributed by atoms with E-state index < -0.39 is 53.4 Å². The molecular weight excluding hydrogens is 232 g/mol. The molecule has 16 heavy (non-hydrogen) atoms. The summed E-state index contributed by atoms with van der Waals surface area (Å²) in [5, 5.41) is 16.9. The van der Waals surface area contributed by atoms with E-state index in [9.17, 15) is 22.4 Å². The Morgan fingerprint density at radius 3 is 1.69 bits per heavy atom. The molecule has 2 N–H and O–H groups in total. The summed E-state index contributed by atoms with van der Waals surface area (Å²) in [6, 6.07) is 0. The van der Waals surface area contributed by atoms with Crippen molar-refractivity contribution in [3.05, 3.63) is 34.4 Å². The molecule has 3 nitrogen and oxygen atoms in total. The molecule has 0 heterocycles. The summed E-state index contributed by atoms with van der Waals surface area (Å²) in [5.74, 6) is -9.04. The van der Waals surface area contributed by atoms with Crippen LogP contribution in [0.5, 0.6) is 0 Å². The first kappa shape index (κ1) is 12.6. The van der Waals surface area contributed by atoms with Crippen LogP contribution >= 0.6 is 0 Å². The van der Waals surface area contributed by atoms with E-state index in [1.54, 1.807) is 0 Å². The minimum absolute atomic E-state index is 1.20. The Morgan fingerprint density at radius 2 is 1.38 bits per heavy atom. The number of carbonyl (C=O) groups excluding carboxylic acids is 1. The van der Waals surface area contributed by atoms with Crippen LogP contribution in [0, 0.1) is 23.3 Å². The number of carbonyl (C=O) groups is 1. The largest absolute Gasteiger partial charge is 0.391 e. The lowest BCUT2D eigenvalue weighted by Crippen LogP contribution is -2.15. The fourth-order valence-electron chi connectivity index (χ4n) is 1.14. The molecular formula is C9H6F4O3. The first-order chi connectivity index (χ1) is 7.45. The van der Waals surface area contributed by atoms with Crippen molar-refractivity contribution in [2.45, 2.75) is 6.61 Å². The number of hydrogen-bond acceptors (Lipinski definition) is 3. The Hall–Kier alpha value is -1.47. The molecule has 0 amide bonds. The van der Waals surface area contributed by atoms with E-state index >= 15 is 0 Å². The minimum atomic E-state index is -1.93. The maximum absolute atomic E-state index is 13.1. The lowest BCUT2D eigenvalue weighted by atomic mass is 10.1. The Bertz CT molecular complexity index is 416. The van der Waals surface area contributed by atoms with E-state index in [2.05, 4.69) is 0 Å². The second-order valence-electron chi connectivity index (χ2n) is 2.85. The number of hydrogen-bond donors (Lipinski definition) is 2. The number of Topliss-reactive ketones (excluding diaryl/α,β-unsaturated/α-hetero) is 1. The molecule has 0 radical (unpaired) electrons. The maximum Gasteiger partial charge on any atom is 0.194 e. The highest BCUT2D eigenvalue weighted by atomic mass is 19.2. The molecule has 0 spiro atoms. The van der Waals surface area contributed by atoms with Gasteiger partial charge in [0, 0.05) is 0 Å². The average molecular weight is 238 g/mol. The number of benzene rings is 1. The molecule has 88 valence electrons. The van der Waals surface area contributed by atoms with Gasteiger partial charge in [-0.15, -0.1) is 0 Å². The van der Waals surface area contributed by atoms with Crippen LogP contribution < -0.4 is 0 Å². The first-order valence-electron chi connectivity index (χ1n) is 4.05. The van der Waals surface area contributed by atoms with Gasteiger partial charge in [0.1, 0.15) is 6.61 Å². The SMILES string of the molecule is O=C(CO)c1c(F)c(F)c(CO)c(F)c1F. The van der Waals surface area contributed by atoms with E-state index in [0.29, 0.717) is 0 Å². The number of aliphatic hydroxyl groups is 2. The topological polar surface area (TPSA) is 57.5 Å². The van der Waals surface area contributed by atoms with E-state index in [1.807, 2.05) is 0 Å². The Morgan fingerprint density at radius 1 is 0.938 bits per heavy atom.